The second-order valence-electron chi connectivity index (χ2n) is 6.04. The molecule has 3 rings (SSSR count). The van der Waals surface area contributed by atoms with Gasteiger partial charge in [-0.05, 0) is 31.6 Å². The zero-order chi connectivity index (χ0) is 14.2. The Bertz CT molecular complexity index is 496. The van der Waals surface area contributed by atoms with Crippen molar-refractivity contribution in [1.29, 1.82) is 0 Å². The Morgan fingerprint density at radius 1 is 1.30 bits per heavy atom. The van der Waals surface area contributed by atoms with Gasteiger partial charge in [0.15, 0.2) is 5.82 Å². The summed E-state index contributed by atoms with van der Waals surface area (Å²) in [4.78, 5) is 9.31. The SMILES string of the molecule is COC1(c2nc(N)c3c(n2)CCOC3)CCC(C)CC1. The van der Waals surface area contributed by atoms with Crippen LogP contribution < -0.4 is 5.73 Å². The Hall–Kier alpha value is -1.20. The molecule has 2 aliphatic rings. The van der Waals surface area contributed by atoms with Gasteiger partial charge < -0.3 is 15.2 Å². The van der Waals surface area contributed by atoms with E-state index in [1.165, 1.54) is 0 Å². The van der Waals surface area contributed by atoms with Gasteiger partial charge in [0, 0.05) is 19.1 Å². The van der Waals surface area contributed by atoms with Crippen LogP contribution in [0.1, 0.15) is 49.7 Å². The summed E-state index contributed by atoms with van der Waals surface area (Å²) in [5, 5.41) is 0. The highest BCUT2D eigenvalue weighted by Crippen LogP contribution is 2.41. The lowest BCUT2D eigenvalue weighted by Gasteiger charge is -2.37. The molecule has 0 bridgehead atoms. The molecule has 1 aliphatic carbocycles. The quantitative estimate of drug-likeness (QED) is 0.897. The van der Waals surface area contributed by atoms with E-state index in [-0.39, 0.29) is 5.60 Å². The zero-order valence-corrected chi connectivity index (χ0v) is 12.3. The highest BCUT2D eigenvalue weighted by Gasteiger charge is 2.39. The van der Waals surface area contributed by atoms with Crippen molar-refractivity contribution in [3.8, 4) is 0 Å². The van der Waals surface area contributed by atoms with Gasteiger partial charge in [0.2, 0.25) is 0 Å². The molecular formula is C15H23N3O2. The van der Waals surface area contributed by atoms with Crippen LogP contribution in [-0.4, -0.2) is 23.7 Å². The monoisotopic (exact) mass is 277 g/mol. The number of nitrogens with two attached hydrogens (primary N) is 1. The highest BCUT2D eigenvalue weighted by atomic mass is 16.5. The number of anilines is 1. The molecule has 1 fully saturated rings. The van der Waals surface area contributed by atoms with Crippen molar-refractivity contribution in [3.05, 3.63) is 17.1 Å². The Morgan fingerprint density at radius 3 is 2.75 bits per heavy atom. The summed E-state index contributed by atoms with van der Waals surface area (Å²) in [6, 6.07) is 0. The van der Waals surface area contributed by atoms with E-state index in [1.807, 2.05) is 0 Å². The number of fused-ring (bicyclic) bond motifs is 1. The molecule has 0 atom stereocenters. The van der Waals surface area contributed by atoms with Gasteiger partial charge in [-0.2, -0.15) is 0 Å². The van der Waals surface area contributed by atoms with Crippen LogP contribution in [0.5, 0.6) is 0 Å². The van der Waals surface area contributed by atoms with Gasteiger partial charge in [-0.25, -0.2) is 9.97 Å². The summed E-state index contributed by atoms with van der Waals surface area (Å²) in [6.45, 7) is 3.53. The Balaban J connectivity index is 1.98. The summed E-state index contributed by atoms with van der Waals surface area (Å²) in [5.41, 5.74) is 7.74. The van der Waals surface area contributed by atoms with E-state index in [2.05, 4.69) is 11.9 Å². The average Bonchev–Trinajstić information content (AvgIpc) is 2.48. The number of nitrogen functional groups attached to an aromatic ring is 1. The van der Waals surface area contributed by atoms with Gasteiger partial charge in [-0.1, -0.05) is 6.92 Å². The topological polar surface area (TPSA) is 70.3 Å². The number of hydrogen-bond donors (Lipinski definition) is 1. The second kappa shape index (κ2) is 5.30. The molecule has 2 N–H and O–H groups in total. The molecule has 0 unspecified atom stereocenters. The first-order valence-corrected chi connectivity index (χ1v) is 7.43. The van der Waals surface area contributed by atoms with Crippen LogP contribution in [-0.2, 0) is 28.1 Å². The van der Waals surface area contributed by atoms with Gasteiger partial charge in [0.25, 0.3) is 0 Å². The van der Waals surface area contributed by atoms with E-state index in [1.54, 1.807) is 7.11 Å². The third-order valence-corrected chi connectivity index (χ3v) is 4.73. The molecule has 0 saturated heterocycles. The van der Waals surface area contributed by atoms with Crippen molar-refractivity contribution in [2.24, 2.45) is 5.92 Å². The van der Waals surface area contributed by atoms with Gasteiger partial charge >= 0.3 is 0 Å². The van der Waals surface area contributed by atoms with Crippen LogP contribution in [0.25, 0.3) is 0 Å². The third kappa shape index (κ3) is 2.29. The number of rotatable bonds is 2. The molecule has 0 radical (unpaired) electrons. The van der Waals surface area contributed by atoms with Crippen LogP contribution in [0.15, 0.2) is 0 Å². The average molecular weight is 277 g/mol. The Morgan fingerprint density at radius 2 is 2.05 bits per heavy atom. The smallest absolute Gasteiger partial charge is 0.162 e. The summed E-state index contributed by atoms with van der Waals surface area (Å²) < 4.78 is 11.3. The van der Waals surface area contributed by atoms with E-state index in [0.29, 0.717) is 19.0 Å². The van der Waals surface area contributed by atoms with Crippen LogP contribution in [0.4, 0.5) is 5.82 Å². The van der Waals surface area contributed by atoms with E-state index in [4.69, 9.17) is 20.2 Å². The van der Waals surface area contributed by atoms with Crippen LogP contribution in [0.2, 0.25) is 0 Å². The summed E-state index contributed by atoms with van der Waals surface area (Å²) >= 11 is 0. The zero-order valence-electron chi connectivity index (χ0n) is 12.3. The van der Waals surface area contributed by atoms with Crippen molar-refractivity contribution in [1.82, 2.24) is 9.97 Å². The summed E-state index contributed by atoms with van der Waals surface area (Å²) in [6.07, 6.45) is 5.05. The van der Waals surface area contributed by atoms with Gasteiger partial charge in [-0.3, -0.25) is 0 Å². The molecule has 0 aromatic carbocycles. The predicted molar refractivity (Wildman–Crippen MR) is 76.1 cm³/mol. The maximum absolute atomic E-state index is 6.10. The minimum absolute atomic E-state index is 0.353. The van der Waals surface area contributed by atoms with Crippen LogP contribution in [0.3, 0.4) is 0 Å². The molecule has 20 heavy (non-hydrogen) atoms. The molecule has 5 heteroatoms. The molecule has 0 amide bonds. The molecule has 110 valence electrons. The summed E-state index contributed by atoms with van der Waals surface area (Å²) in [7, 11) is 1.76. The molecule has 2 heterocycles. The lowest BCUT2D eigenvalue weighted by atomic mass is 9.78. The molecule has 1 aromatic heterocycles. The lowest BCUT2D eigenvalue weighted by Crippen LogP contribution is -2.36. The third-order valence-electron chi connectivity index (χ3n) is 4.73. The fourth-order valence-corrected chi connectivity index (χ4v) is 3.21. The van der Waals surface area contributed by atoms with Gasteiger partial charge in [0.1, 0.15) is 11.4 Å². The number of aromatic nitrogens is 2. The fourth-order valence-electron chi connectivity index (χ4n) is 3.21. The molecule has 0 spiro atoms. The maximum Gasteiger partial charge on any atom is 0.162 e. The normalized spacial score (nSPS) is 30.0. The highest BCUT2D eigenvalue weighted by molar-refractivity contribution is 5.43. The summed E-state index contributed by atoms with van der Waals surface area (Å²) in [5.74, 6) is 2.08. The van der Waals surface area contributed by atoms with E-state index in [9.17, 15) is 0 Å². The first-order valence-electron chi connectivity index (χ1n) is 7.43. The second-order valence-corrected chi connectivity index (χ2v) is 6.04. The minimum atomic E-state index is -0.353. The molecule has 1 saturated carbocycles. The molecule has 1 aliphatic heterocycles. The number of nitrogens with zero attached hydrogens (tertiary/aromatic N) is 2. The van der Waals surface area contributed by atoms with Crippen LogP contribution >= 0.6 is 0 Å². The first-order chi connectivity index (χ1) is 9.64. The largest absolute Gasteiger partial charge is 0.383 e. The number of hydrogen-bond acceptors (Lipinski definition) is 5. The van der Waals surface area contributed by atoms with Crippen molar-refractivity contribution < 1.29 is 9.47 Å². The minimum Gasteiger partial charge on any atom is -0.383 e. The van der Waals surface area contributed by atoms with Crippen molar-refractivity contribution in [2.45, 2.75) is 51.2 Å². The maximum atomic E-state index is 6.10. The van der Waals surface area contributed by atoms with Gasteiger partial charge in [-0.15, -0.1) is 0 Å². The Labute approximate surface area is 119 Å². The number of methoxy groups -OCH3 is 1. The van der Waals surface area contributed by atoms with Gasteiger partial charge in [0.05, 0.1) is 18.9 Å². The molecule has 5 nitrogen and oxygen atoms in total. The number of ether oxygens (including phenoxy) is 2. The lowest BCUT2D eigenvalue weighted by molar-refractivity contribution is -0.0599. The van der Waals surface area contributed by atoms with Crippen molar-refractivity contribution in [3.63, 3.8) is 0 Å². The van der Waals surface area contributed by atoms with E-state index < -0.39 is 0 Å². The fraction of sp³-hybridized carbons (Fsp3) is 0.733. The van der Waals surface area contributed by atoms with Crippen molar-refractivity contribution in [2.75, 3.05) is 19.5 Å². The standard InChI is InChI=1S/C15H23N3O2/c1-10-3-6-15(19-2,7-4-10)14-17-12-5-8-20-9-11(12)13(16)18-14/h10H,3-9H2,1-2H3,(H2,16,17,18). The van der Waals surface area contributed by atoms with Crippen LogP contribution in [0, 0.1) is 5.92 Å². The van der Waals surface area contributed by atoms with Crippen molar-refractivity contribution >= 4 is 5.82 Å². The van der Waals surface area contributed by atoms with E-state index in [0.717, 1.165) is 55.1 Å². The predicted octanol–water partition coefficient (Wildman–Crippen LogP) is 2.18. The first kappa shape index (κ1) is 13.8. The molecular weight excluding hydrogens is 254 g/mol. The Kier molecular flexibility index (Phi) is 3.65. The van der Waals surface area contributed by atoms with E-state index >= 15 is 0 Å². The molecule has 1 aromatic rings.